The van der Waals surface area contributed by atoms with Crippen LogP contribution in [0.15, 0.2) is 23.2 Å². The largest absolute Gasteiger partial charge is 0.492 e. The molecule has 100 valence electrons. The van der Waals surface area contributed by atoms with Crippen LogP contribution < -0.4 is 14.2 Å². The molecule has 18 heavy (non-hydrogen) atoms. The van der Waals surface area contributed by atoms with E-state index in [1.807, 2.05) is 12.1 Å². The Bertz CT molecular complexity index is 430. The molecule has 4 heteroatoms. The van der Waals surface area contributed by atoms with Crippen LogP contribution in [0.1, 0.15) is 24.8 Å². The predicted molar refractivity (Wildman–Crippen MR) is 77.0 cm³/mol. The van der Waals surface area contributed by atoms with E-state index in [9.17, 15) is 0 Å². The summed E-state index contributed by atoms with van der Waals surface area (Å²) in [6, 6.07) is 2.01. The number of methoxy groups -OCH3 is 3. The van der Waals surface area contributed by atoms with Gasteiger partial charge in [0.25, 0.3) is 0 Å². The zero-order valence-corrected chi connectivity index (χ0v) is 12.8. The summed E-state index contributed by atoms with van der Waals surface area (Å²) in [6.45, 7) is 5.89. The van der Waals surface area contributed by atoms with Crippen molar-refractivity contribution >= 4 is 15.9 Å². The highest BCUT2D eigenvalue weighted by Crippen LogP contribution is 2.47. The van der Waals surface area contributed by atoms with Gasteiger partial charge in [0.1, 0.15) is 0 Å². The van der Waals surface area contributed by atoms with E-state index in [0.717, 1.165) is 16.5 Å². The van der Waals surface area contributed by atoms with Crippen LogP contribution >= 0.6 is 15.9 Å². The molecular weight excluding hydrogens is 296 g/mol. The maximum Gasteiger partial charge on any atom is 0.204 e. The first kappa shape index (κ1) is 14.9. The van der Waals surface area contributed by atoms with Gasteiger partial charge in [-0.2, -0.15) is 0 Å². The lowest BCUT2D eigenvalue weighted by atomic mass is 9.96. The topological polar surface area (TPSA) is 27.7 Å². The van der Waals surface area contributed by atoms with Gasteiger partial charge in [-0.15, -0.1) is 6.58 Å². The minimum atomic E-state index is 0.300. The van der Waals surface area contributed by atoms with Crippen LogP contribution in [0.25, 0.3) is 0 Å². The highest BCUT2D eigenvalue weighted by Gasteiger charge is 2.22. The van der Waals surface area contributed by atoms with Gasteiger partial charge in [-0.25, -0.2) is 0 Å². The van der Waals surface area contributed by atoms with Crippen molar-refractivity contribution in [2.24, 2.45) is 0 Å². The average Bonchev–Trinajstić information content (AvgIpc) is 2.37. The Morgan fingerprint density at radius 1 is 1.17 bits per heavy atom. The lowest BCUT2D eigenvalue weighted by Gasteiger charge is -2.20. The Balaban J connectivity index is 3.43. The van der Waals surface area contributed by atoms with E-state index >= 15 is 0 Å². The summed E-state index contributed by atoms with van der Waals surface area (Å²) in [7, 11) is 4.85. The minimum Gasteiger partial charge on any atom is -0.492 e. The Morgan fingerprint density at radius 2 is 1.72 bits per heavy atom. The van der Waals surface area contributed by atoms with Crippen LogP contribution in [0.2, 0.25) is 0 Å². The van der Waals surface area contributed by atoms with Crippen molar-refractivity contribution in [2.45, 2.75) is 19.3 Å². The van der Waals surface area contributed by atoms with E-state index in [1.54, 1.807) is 21.3 Å². The Hall–Kier alpha value is -1.16. The molecule has 0 amide bonds. The lowest BCUT2D eigenvalue weighted by molar-refractivity contribution is 0.319. The van der Waals surface area contributed by atoms with Gasteiger partial charge in [-0.05, 0) is 34.3 Å². The minimum absolute atomic E-state index is 0.300. The normalized spacial score (nSPS) is 11.8. The van der Waals surface area contributed by atoms with Gasteiger partial charge in [-0.1, -0.05) is 13.0 Å². The molecular formula is C14H19BrO3. The molecule has 0 aromatic heterocycles. The van der Waals surface area contributed by atoms with E-state index in [0.29, 0.717) is 23.2 Å². The van der Waals surface area contributed by atoms with Crippen LogP contribution in [-0.4, -0.2) is 21.3 Å². The van der Waals surface area contributed by atoms with Crippen LogP contribution in [0, 0.1) is 0 Å². The maximum absolute atomic E-state index is 5.47. The number of hydrogen-bond donors (Lipinski definition) is 0. The number of ether oxygens (including phenoxy) is 3. The molecule has 1 atom stereocenters. The number of benzene rings is 1. The van der Waals surface area contributed by atoms with Crippen LogP contribution in [-0.2, 0) is 0 Å². The maximum atomic E-state index is 5.47. The second kappa shape index (κ2) is 6.69. The highest BCUT2D eigenvalue weighted by atomic mass is 79.9. The van der Waals surface area contributed by atoms with Crippen LogP contribution in [0.4, 0.5) is 0 Å². The van der Waals surface area contributed by atoms with E-state index in [2.05, 4.69) is 29.4 Å². The fourth-order valence-electron chi connectivity index (χ4n) is 1.94. The fraction of sp³-hybridized carbons (Fsp3) is 0.429. The van der Waals surface area contributed by atoms with Gasteiger partial charge < -0.3 is 14.2 Å². The molecule has 0 fully saturated rings. The third-order valence-electron chi connectivity index (χ3n) is 2.84. The van der Waals surface area contributed by atoms with Crippen molar-refractivity contribution in [3.8, 4) is 17.2 Å². The number of rotatable bonds is 6. The van der Waals surface area contributed by atoms with Crippen molar-refractivity contribution in [3.63, 3.8) is 0 Å². The molecule has 0 heterocycles. The summed E-state index contributed by atoms with van der Waals surface area (Å²) < 4.78 is 17.1. The Morgan fingerprint density at radius 3 is 2.17 bits per heavy atom. The second-order valence-corrected chi connectivity index (χ2v) is 4.83. The molecule has 0 aliphatic heterocycles. The van der Waals surface area contributed by atoms with E-state index in [-0.39, 0.29) is 0 Å². The van der Waals surface area contributed by atoms with Gasteiger partial charge in [0, 0.05) is 5.56 Å². The predicted octanol–water partition coefficient (Wildman–Crippen LogP) is 4.15. The number of halogens is 1. The molecule has 1 aromatic rings. The molecule has 1 aromatic carbocycles. The molecule has 0 aliphatic rings. The van der Waals surface area contributed by atoms with Gasteiger partial charge in [0.15, 0.2) is 11.5 Å². The number of hydrogen-bond acceptors (Lipinski definition) is 3. The van der Waals surface area contributed by atoms with E-state index < -0.39 is 0 Å². The zero-order valence-electron chi connectivity index (χ0n) is 11.2. The summed E-state index contributed by atoms with van der Waals surface area (Å²) >= 11 is 3.50. The SMILES string of the molecule is C=CCC(C)c1cc(Br)c(OC)c(OC)c1OC. The molecule has 0 N–H and O–H groups in total. The summed E-state index contributed by atoms with van der Waals surface area (Å²) in [5.41, 5.74) is 1.07. The first-order chi connectivity index (χ1) is 8.60. The van der Waals surface area contributed by atoms with Gasteiger partial charge in [-0.3, -0.25) is 0 Å². The summed E-state index contributed by atoms with van der Waals surface area (Å²) in [4.78, 5) is 0. The van der Waals surface area contributed by atoms with Crippen molar-refractivity contribution in [3.05, 3.63) is 28.8 Å². The smallest absolute Gasteiger partial charge is 0.204 e. The zero-order chi connectivity index (χ0) is 13.7. The van der Waals surface area contributed by atoms with Crippen LogP contribution in [0.5, 0.6) is 17.2 Å². The molecule has 1 rings (SSSR count). The Kier molecular flexibility index (Phi) is 5.54. The average molecular weight is 315 g/mol. The quantitative estimate of drug-likeness (QED) is 0.738. The van der Waals surface area contributed by atoms with Crippen molar-refractivity contribution in [1.82, 2.24) is 0 Å². The Labute approximate surface area is 117 Å². The summed E-state index contributed by atoms with van der Waals surface area (Å²) in [5, 5.41) is 0. The third-order valence-corrected chi connectivity index (χ3v) is 3.43. The lowest BCUT2D eigenvalue weighted by Crippen LogP contribution is -2.02. The first-order valence-corrected chi connectivity index (χ1v) is 6.49. The molecule has 0 spiro atoms. The van der Waals surface area contributed by atoms with Crippen molar-refractivity contribution < 1.29 is 14.2 Å². The highest BCUT2D eigenvalue weighted by molar-refractivity contribution is 9.10. The molecule has 3 nitrogen and oxygen atoms in total. The molecule has 0 bridgehead atoms. The van der Waals surface area contributed by atoms with Crippen molar-refractivity contribution in [1.29, 1.82) is 0 Å². The van der Waals surface area contributed by atoms with Gasteiger partial charge >= 0.3 is 0 Å². The van der Waals surface area contributed by atoms with Gasteiger partial charge in [0.05, 0.1) is 25.8 Å². The van der Waals surface area contributed by atoms with Crippen molar-refractivity contribution in [2.75, 3.05) is 21.3 Å². The van der Waals surface area contributed by atoms with Gasteiger partial charge in [0.2, 0.25) is 5.75 Å². The summed E-state index contributed by atoms with van der Waals surface area (Å²) in [6.07, 6.45) is 2.77. The summed E-state index contributed by atoms with van der Waals surface area (Å²) in [5.74, 6) is 2.27. The molecule has 1 unspecified atom stereocenters. The van der Waals surface area contributed by atoms with E-state index in [4.69, 9.17) is 14.2 Å². The molecule has 0 saturated heterocycles. The monoisotopic (exact) mass is 314 g/mol. The number of allylic oxidation sites excluding steroid dienone is 1. The molecule has 0 aliphatic carbocycles. The van der Waals surface area contributed by atoms with Crippen LogP contribution in [0.3, 0.4) is 0 Å². The standard InChI is InChI=1S/C14H19BrO3/c1-6-7-9(2)10-8-11(15)13(17-4)14(18-5)12(10)16-3/h6,8-9H,1,7H2,2-5H3. The molecule has 0 radical (unpaired) electrons. The second-order valence-electron chi connectivity index (χ2n) is 3.97. The first-order valence-electron chi connectivity index (χ1n) is 5.69. The fourth-order valence-corrected chi connectivity index (χ4v) is 2.53. The van der Waals surface area contributed by atoms with E-state index in [1.165, 1.54) is 0 Å². The third kappa shape index (κ3) is 2.80. The molecule has 0 saturated carbocycles.